The van der Waals surface area contributed by atoms with Gasteiger partial charge in [-0.1, -0.05) is 0 Å². The largest absolute Gasteiger partial charge is 0.451 e. The number of piperidine rings is 1. The number of benzene rings is 1. The fourth-order valence-electron chi connectivity index (χ4n) is 3.00. The lowest BCUT2D eigenvalue weighted by atomic mass is 10.1. The predicted octanol–water partition coefficient (Wildman–Crippen LogP) is 2.93. The maximum absolute atomic E-state index is 12.5. The van der Waals surface area contributed by atoms with Gasteiger partial charge in [0.15, 0.2) is 0 Å². The Morgan fingerprint density at radius 1 is 0.966 bits per heavy atom. The molecule has 0 aliphatic carbocycles. The van der Waals surface area contributed by atoms with Crippen molar-refractivity contribution in [2.45, 2.75) is 19.3 Å². The van der Waals surface area contributed by atoms with Crippen molar-refractivity contribution in [3.8, 4) is 0 Å². The maximum atomic E-state index is 12.5. The number of carbonyl (C=O) groups excluding carboxylic acids is 4. The number of likely N-dealkylation sites (tertiary alicyclic amines) is 1. The molecule has 2 heterocycles. The van der Waals surface area contributed by atoms with Gasteiger partial charge >= 0.3 is 6.09 Å². The zero-order valence-electron chi connectivity index (χ0n) is 15.9. The van der Waals surface area contributed by atoms with Gasteiger partial charge in [0.25, 0.3) is 17.7 Å². The second-order valence-electron chi connectivity index (χ2n) is 6.49. The molecule has 1 aromatic heterocycles. The summed E-state index contributed by atoms with van der Waals surface area (Å²) in [5.74, 6) is -1.44. The van der Waals surface area contributed by atoms with Crippen LogP contribution in [0, 0.1) is 0 Å². The lowest BCUT2D eigenvalue weighted by Crippen LogP contribution is -2.49. The number of thiophene rings is 1. The molecule has 1 aliphatic heterocycles. The Morgan fingerprint density at radius 2 is 1.62 bits per heavy atom. The molecule has 0 radical (unpaired) electrons. The van der Waals surface area contributed by atoms with Crippen LogP contribution in [0.4, 0.5) is 4.79 Å². The van der Waals surface area contributed by atoms with E-state index in [0.29, 0.717) is 10.6 Å². The van der Waals surface area contributed by atoms with Crippen molar-refractivity contribution in [2.24, 2.45) is 0 Å². The van der Waals surface area contributed by atoms with Gasteiger partial charge in [0.1, 0.15) is 0 Å². The zero-order chi connectivity index (χ0) is 20.8. The Hall–Kier alpha value is -3.20. The second kappa shape index (κ2) is 9.33. The topological polar surface area (TPSA) is 96.0 Å². The Kier molecular flexibility index (Phi) is 6.61. The van der Waals surface area contributed by atoms with Crippen LogP contribution >= 0.6 is 11.3 Å². The average molecular weight is 415 g/mol. The first-order valence-corrected chi connectivity index (χ1v) is 10.1. The number of hydrogen-bond donors (Lipinski definition) is 1. The van der Waals surface area contributed by atoms with Crippen molar-refractivity contribution in [3.63, 3.8) is 0 Å². The number of carbonyl (C=O) groups is 4. The average Bonchev–Trinajstić information content (AvgIpc) is 3.31. The van der Waals surface area contributed by atoms with E-state index in [1.54, 1.807) is 27.8 Å². The van der Waals surface area contributed by atoms with E-state index >= 15 is 0 Å². The fourth-order valence-corrected chi connectivity index (χ4v) is 3.63. The number of amides is 4. The van der Waals surface area contributed by atoms with Crippen LogP contribution in [0.25, 0.3) is 0 Å². The lowest BCUT2D eigenvalue weighted by molar-refractivity contribution is 0.0540. The van der Waals surface area contributed by atoms with Crippen molar-refractivity contribution < 1.29 is 23.9 Å². The molecule has 0 spiro atoms. The monoisotopic (exact) mass is 415 g/mol. The van der Waals surface area contributed by atoms with Crippen molar-refractivity contribution in [3.05, 3.63) is 57.8 Å². The summed E-state index contributed by atoms with van der Waals surface area (Å²) in [5, 5.41) is 3.77. The van der Waals surface area contributed by atoms with Gasteiger partial charge < -0.3 is 9.64 Å². The summed E-state index contributed by atoms with van der Waals surface area (Å²) < 4.78 is 4.59. The standard InChI is InChI=1S/C20H21N3O5S/c1-28-20(27)23(19(26)16-9-12-29-13-16)21-17(24)14-5-7-15(8-6-14)18(25)22-10-3-2-4-11-22/h5-9,12-13H,2-4,10-11H2,1H3,(H,21,24). The van der Waals surface area contributed by atoms with Gasteiger partial charge in [-0.15, -0.1) is 5.01 Å². The number of nitrogens with zero attached hydrogens (tertiary/aromatic N) is 2. The maximum Gasteiger partial charge on any atom is 0.436 e. The third kappa shape index (κ3) is 4.80. The summed E-state index contributed by atoms with van der Waals surface area (Å²) in [6.45, 7) is 1.47. The SMILES string of the molecule is COC(=O)N(NC(=O)c1ccc(C(=O)N2CCCCC2)cc1)C(=O)c1ccsc1. The number of rotatable bonds is 3. The van der Waals surface area contributed by atoms with E-state index in [1.165, 1.54) is 29.5 Å². The molecule has 2 aromatic rings. The van der Waals surface area contributed by atoms with Crippen LogP contribution in [0.3, 0.4) is 0 Å². The van der Waals surface area contributed by atoms with Crippen LogP contribution < -0.4 is 5.43 Å². The summed E-state index contributed by atoms with van der Waals surface area (Å²) in [6, 6.07) is 7.63. The van der Waals surface area contributed by atoms with Crippen molar-refractivity contribution in [1.82, 2.24) is 15.3 Å². The van der Waals surface area contributed by atoms with Crippen molar-refractivity contribution in [1.29, 1.82) is 0 Å². The first-order chi connectivity index (χ1) is 14.0. The van der Waals surface area contributed by atoms with E-state index in [9.17, 15) is 19.2 Å². The molecule has 1 aromatic carbocycles. The summed E-state index contributed by atoms with van der Waals surface area (Å²) in [4.78, 5) is 51.3. The molecule has 8 nitrogen and oxygen atoms in total. The Bertz CT molecular complexity index is 889. The van der Waals surface area contributed by atoms with E-state index in [2.05, 4.69) is 10.2 Å². The molecule has 0 saturated carbocycles. The van der Waals surface area contributed by atoms with Gasteiger partial charge in [0.2, 0.25) is 0 Å². The highest BCUT2D eigenvalue weighted by Gasteiger charge is 2.27. The Balaban J connectivity index is 1.70. The summed E-state index contributed by atoms with van der Waals surface area (Å²) >= 11 is 1.29. The first kappa shape index (κ1) is 20.5. The van der Waals surface area contributed by atoms with Gasteiger partial charge in [0, 0.05) is 29.6 Å². The molecule has 1 N–H and O–H groups in total. The third-order valence-corrected chi connectivity index (χ3v) is 5.26. The molecule has 0 bridgehead atoms. The number of nitrogens with one attached hydrogen (secondary N) is 1. The molecule has 1 fully saturated rings. The van der Waals surface area contributed by atoms with Crippen LogP contribution in [-0.2, 0) is 4.74 Å². The first-order valence-electron chi connectivity index (χ1n) is 9.16. The molecular formula is C20H21N3O5S. The molecule has 9 heteroatoms. The highest BCUT2D eigenvalue weighted by molar-refractivity contribution is 7.08. The van der Waals surface area contributed by atoms with Crippen molar-refractivity contribution in [2.75, 3.05) is 20.2 Å². The number of ether oxygens (including phenoxy) is 1. The summed E-state index contributed by atoms with van der Waals surface area (Å²) in [7, 11) is 1.11. The minimum absolute atomic E-state index is 0.0690. The third-order valence-electron chi connectivity index (χ3n) is 4.58. The molecule has 0 atom stereocenters. The Morgan fingerprint density at radius 3 is 2.21 bits per heavy atom. The van der Waals surface area contributed by atoms with E-state index < -0.39 is 17.9 Å². The molecule has 152 valence electrons. The minimum Gasteiger partial charge on any atom is -0.451 e. The van der Waals surface area contributed by atoms with Crippen molar-refractivity contribution >= 4 is 35.2 Å². The number of methoxy groups -OCH3 is 1. The molecule has 4 amide bonds. The van der Waals surface area contributed by atoms with E-state index in [-0.39, 0.29) is 17.0 Å². The molecular weight excluding hydrogens is 394 g/mol. The minimum atomic E-state index is -1.01. The molecule has 3 rings (SSSR count). The van der Waals surface area contributed by atoms with Crippen LogP contribution in [-0.4, -0.2) is 53.9 Å². The van der Waals surface area contributed by atoms with Gasteiger partial charge in [-0.3, -0.25) is 19.8 Å². The quantitative estimate of drug-likeness (QED) is 0.778. The lowest BCUT2D eigenvalue weighted by Gasteiger charge is -2.26. The highest BCUT2D eigenvalue weighted by Crippen LogP contribution is 2.14. The van der Waals surface area contributed by atoms with Gasteiger partial charge in [0.05, 0.1) is 12.7 Å². The second-order valence-corrected chi connectivity index (χ2v) is 7.27. The number of hydrazine groups is 1. The molecule has 29 heavy (non-hydrogen) atoms. The fraction of sp³-hybridized carbons (Fsp3) is 0.300. The predicted molar refractivity (Wildman–Crippen MR) is 107 cm³/mol. The van der Waals surface area contributed by atoms with Gasteiger partial charge in [-0.25, -0.2) is 4.79 Å². The van der Waals surface area contributed by atoms with Crippen LogP contribution in [0.5, 0.6) is 0 Å². The van der Waals surface area contributed by atoms with Crippen LogP contribution in [0.15, 0.2) is 41.1 Å². The molecule has 0 unspecified atom stereocenters. The zero-order valence-corrected chi connectivity index (χ0v) is 16.7. The van der Waals surface area contributed by atoms with Gasteiger partial charge in [-0.05, 0) is 55.0 Å². The van der Waals surface area contributed by atoms with E-state index in [1.807, 2.05) is 0 Å². The smallest absolute Gasteiger partial charge is 0.436 e. The number of hydrogen-bond acceptors (Lipinski definition) is 6. The Labute approximate surface area is 172 Å². The number of imide groups is 1. The molecule has 1 aliphatic rings. The van der Waals surface area contributed by atoms with Crippen LogP contribution in [0.1, 0.15) is 50.3 Å². The normalized spacial score (nSPS) is 13.5. The summed E-state index contributed by atoms with van der Waals surface area (Å²) in [5.41, 5.74) is 3.21. The van der Waals surface area contributed by atoms with E-state index in [4.69, 9.17) is 0 Å². The van der Waals surface area contributed by atoms with Crippen LogP contribution in [0.2, 0.25) is 0 Å². The molecule has 1 saturated heterocycles. The highest BCUT2D eigenvalue weighted by atomic mass is 32.1. The summed E-state index contributed by atoms with van der Waals surface area (Å²) in [6.07, 6.45) is 2.11. The van der Waals surface area contributed by atoms with Gasteiger partial charge in [-0.2, -0.15) is 11.3 Å². The van der Waals surface area contributed by atoms with E-state index in [0.717, 1.165) is 39.5 Å².